The summed E-state index contributed by atoms with van der Waals surface area (Å²) in [6.07, 6.45) is 0.250. The Bertz CT molecular complexity index is 1620. The number of carbonyl (C=O) groups is 2. The largest absolute Gasteiger partial charge is 0.497 e. The van der Waals surface area contributed by atoms with E-state index >= 15 is 0 Å². The van der Waals surface area contributed by atoms with Crippen molar-refractivity contribution in [3.8, 4) is 5.75 Å². The van der Waals surface area contributed by atoms with Gasteiger partial charge in [0.15, 0.2) is 0 Å². The molecule has 2 amide bonds. The summed E-state index contributed by atoms with van der Waals surface area (Å²) in [6, 6.07) is 30.4. The van der Waals surface area contributed by atoms with Gasteiger partial charge < -0.3 is 15.0 Å². The molecule has 4 aromatic carbocycles. The normalized spacial score (nSPS) is 11.8. The number of amides is 2. The Balaban J connectivity index is 1.79. The lowest BCUT2D eigenvalue weighted by Crippen LogP contribution is -2.53. The highest BCUT2D eigenvalue weighted by atomic mass is 79.9. The summed E-state index contributed by atoms with van der Waals surface area (Å²) in [4.78, 5) is 29.4. The summed E-state index contributed by atoms with van der Waals surface area (Å²) < 4.78 is 35.1. The molecule has 0 fully saturated rings. The van der Waals surface area contributed by atoms with Crippen LogP contribution in [0.5, 0.6) is 5.75 Å². The van der Waals surface area contributed by atoms with Crippen molar-refractivity contribution >= 4 is 43.5 Å². The number of nitrogens with zero attached hydrogens (tertiary/aromatic N) is 2. The summed E-state index contributed by atoms with van der Waals surface area (Å²) in [7, 11) is -2.64. The molecule has 1 atom stereocenters. The van der Waals surface area contributed by atoms with Gasteiger partial charge in [-0.3, -0.25) is 13.9 Å². The van der Waals surface area contributed by atoms with Crippen molar-refractivity contribution < 1.29 is 22.7 Å². The fourth-order valence-corrected chi connectivity index (χ4v) is 6.56. The van der Waals surface area contributed by atoms with Crippen LogP contribution >= 0.6 is 15.9 Å². The Labute approximate surface area is 261 Å². The molecule has 4 aromatic rings. The minimum Gasteiger partial charge on any atom is -0.497 e. The maximum absolute atomic E-state index is 14.4. The molecule has 0 heterocycles. The highest BCUT2D eigenvalue weighted by Crippen LogP contribution is 2.27. The first kappa shape index (κ1) is 31.8. The number of hydrogen-bond donors (Lipinski definition) is 1. The zero-order chi connectivity index (χ0) is 30.8. The van der Waals surface area contributed by atoms with Gasteiger partial charge in [0.2, 0.25) is 11.8 Å². The Morgan fingerprint density at radius 1 is 0.860 bits per heavy atom. The van der Waals surface area contributed by atoms with Crippen molar-refractivity contribution in [2.75, 3.05) is 24.5 Å². The molecule has 1 N–H and O–H groups in total. The van der Waals surface area contributed by atoms with E-state index in [0.717, 1.165) is 19.9 Å². The van der Waals surface area contributed by atoms with Crippen LogP contribution in [0, 0.1) is 0 Å². The molecule has 0 aromatic heterocycles. The van der Waals surface area contributed by atoms with Gasteiger partial charge in [-0.25, -0.2) is 8.42 Å². The van der Waals surface area contributed by atoms with Gasteiger partial charge in [-0.05, 0) is 66.6 Å². The molecule has 8 nitrogen and oxygen atoms in total. The molecule has 224 valence electrons. The van der Waals surface area contributed by atoms with Crippen LogP contribution in [0.1, 0.15) is 18.1 Å². The van der Waals surface area contributed by atoms with Crippen LogP contribution in [0.15, 0.2) is 119 Å². The fraction of sp³-hybridized carbons (Fsp3) is 0.212. The van der Waals surface area contributed by atoms with E-state index in [1.54, 1.807) is 42.5 Å². The number of hydrogen-bond acceptors (Lipinski definition) is 5. The van der Waals surface area contributed by atoms with Gasteiger partial charge >= 0.3 is 0 Å². The van der Waals surface area contributed by atoms with Gasteiger partial charge in [0, 0.05) is 24.0 Å². The number of nitrogens with one attached hydrogen (secondary N) is 1. The zero-order valence-corrected chi connectivity index (χ0v) is 26.4. The van der Waals surface area contributed by atoms with Crippen LogP contribution < -0.4 is 14.4 Å². The Morgan fingerprint density at radius 3 is 2.09 bits per heavy atom. The van der Waals surface area contributed by atoms with Crippen LogP contribution in [0.2, 0.25) is 0 Å². The van der Waals surface area contributed by atoms with Crippen molar-refractivity contribution in [2.45, 2.75) is 30.8 Å². The molecule has 43 heavy (non-hydrogen) atoms. The number of anilines is 1. The lowest BCUT2D eigenvalue weighted by atomic mass is 10.0. The van der Waals surface area contributed by atoms with Crippen LogP contribution in [-0.4, -0.2) is 51.4 Å². The first-order valence-electron chi connectivity index (χ1n) is 13.8. The molecule has 10 heteroatoms. The summed E-state index contributed by atoms with van der Waals surface area (Å²) in [5, 5.41) is 2.86. The number of halogens is 1. The van der Waals surface area contributed by atoms with Gasteiger partial charge in [0.1, 0.15) is 18.3 Å². The predicted molar refractivity (Wildman–Crippen MR) is 171 cm³/mol. The van der Waals surface area contributed by atoms with Crippen molar-refractivity contribution in [3.05, 3.63) is 125 Å². The minimum atomic E-state index is -4.16. The molecule has 0 radical (unpaired) electrons. The van der Waals surface area contributed by atoms with E-state index in [2.05, 4.69) is 21.2 Å². The maximum Gasteiger partial charge on any atom is 0.264 e. The number of benzene rings is 4. The molecule has 0 unspecified atom stereocenters. The molecule has 0 saturated carbocycles. The van der Waals surface area contributed by atoms with Crippen molar-refractivity contribution in [1.82, 2.24) is 10.2 Å². The summed E-state index contributed by atoms with van der Waals surface area (Å²) in [6.45, 7) is 1.76. The molecule has 4 rings (SSSR count). The monoisotopic (exact) mass is 663 g/mol. The minimum absolute atomic E-state index is 0.0433. The third-order valence-corrected chi connectivity index (χ3v) is 9.12. The predicted octanol–water partition coefficient (Wildman–Crippen LogP) is 5.43. The number of rotatable bonds is 13. The van der Waals surface area contributed by atoms with Gasteiger partial charge in [-0.1, -0.05) is 76.6 Å². The summed E-state index contributed by atoms with van der Waals surface area (Å²) >= 11 is 3.49. The number of methoxy groups -OCH3 is 1. The van der Waals surface area contributed by atoms with E-state index in [-0.39, 0.29) is 29.5 Å². The summed E-state index contributed by atoms with van der Waals surface area (Å²) in [5.41, 5.74) is 1.94. The first-order valence-corrected chi connectivity index (χ1v) is 16.0. The second-order valence-electron chi connectivity index (χ2n) is 9.77. The van der Waals surface area contributed by atoms with Crippen LogP contribution in [0.25, 0.3) is 0 Å². The standard InChI is InChI=1S/C33H34BrN3O5S/c1-3-35-33(39)31(22-25-11-6-4-7-12-25)36(23-26-13-10-14-27(34)21-26)32(38)24-37(28-17-19-29(42-2)20-18-28)43(40,41)30-15-8-5-9-16-30/h4-21,31H,3,22-24H2,1-2H3,(H,35,39)/t31-/m0/s1. The first-order chi connectivity index (χ1) is 20.7. The van der Waals surface area contributed by atoms with Crippen molar-refractivity contribution in [1.29, 1.82) is 0 Å². The van der Waals surface area contributed by atoms with Crippen LogP contribution in [0.3, 0.4) is 0 Å². The lowest BCUT2D eigenvalue weighted by molar-refractivity contribution is -0.140. The fourth-order valence-electron chi connectivity index (χ4n) is 4.67. The van der Waals surface area contributed by atoms with E-state index in [9.17, 15) is 18.0 Å². The SMILES string of the molecule is CCNC(=O)[C@H](Cc1ccccc1)N(Cc1cccc(Br)c1)C(=O)CN(c1ccc(OC)cc1)S(=O)(=O)c1ccccc1. The van der Waals surface area contributed by atoms with Crippen molar-refractivity contribution in [3.63, 3.8) is 0 Å². The van der Waals surface area contributed by atoms with Crippen molar-refractivity contribution in [2.24, 2.45) is 0 Å². The number of sulfonamides is 1. The second-order valence-corrected chi connectivity index (χ2v) is 12.6. The highest BCUT2D eigenvalue weighted by molar-refractivity contribution is 9.10. The Hall–Kier alpha value is -4.15. The Morgan fingerprint density at radius 2 is 1.49 bits per heavy atom. The van der Waals surface area contributed by atoms with Gasteiger partial charge in [0.05, 0.1) is 17.7 Å². The van der Waals surface area contributed by atoms with Crippen LogP contribution in [0.4, 0.5) is 5.69 Å². The third kappa shape index (κ3) is 8.24. The van der Waals surface area contributed by atoms with E-state index in [0.29, 0.717) is 12.3 Å². The molecule has 0 spiro atoms. The average molecular weight is 665 g/mol. The molecular formula is C33H34BrN3O5S. The van der Waals surface area contributed by atoms with Gasteiger partial charge in [-0.15, -0.1) is 0 Å². The molecule has 0 aliphatic heterocycles. The van der Waals surface area contributed by atoms with E-state index in [4.69, 9.17) is 4.74 Å². The third-order valence-electron chi connectivity index (χ3n) is 6.83. The van der Waals surface area contributed by atoms with E-state index < -0.39 is 28.5 Å². The van der Waals surface area contributed by atoms with E-state index in [1.807, 2.05) is 61.5 Å². The highest BCUT2D eigenvalue weighted by Gasteiger charge is 2.34. The number of likely N-dealkylation sites (N-methyl/N-ethyl adjacent to an activating group) is 1. The number of carbonyl (C=O) groups excluding carboxylic acids is 2. The average Bonchev–Trinajstić information content (AvgIpc) is 3.02. The topological polar surface area (TPSA) is 96.0 Å². The zero-order valence-electron chi connectivity index (χ0n) is 24.0. The lowest BCUT2D eigenvalue weighted by Gasteiger charge is -2.34. The Kier molecular flexibility index (Phi) is 11.0. The second kappa shape index (κ2) is 14.8. The van der Waals surface area contributed by atoms with Crippen LogP contribution in [-0.2, 0) is 32.6 Å². The van der Waals surface area contributed by atoms with Gasteiger partial charge in [-0.2, -0.15) is 0 Å². The maximum atomic E-state index is 14.4. The number of ether oxygens (including phenoxy) is 1. The quantitative estimate of drug-likeness (QED) is 0.206. The molecule has 0 aliphatic rings. The molecular weight excluding hydrogens is 630 g/mol. The smallest absolute Gasteiger partial charge is 0.264 e. The summed E-state index contributed by atoms with van der Waals surface area (Å²) in [5.74, 6) is -0.304. The molecule has 0 saturated heterocycles. The molecule has 0 bridgehead atoms. The van der Waals surface area contributed by atoms with Gasteiger partial charge in [0.25, 0.3) is 10.0 Å². The molecule has 0 aliphatic carbocycles. The van der Waals surface area contributed by atoms with E-state index in [1.165, 1.54) is 24.1 Å².